The third-order valence-corrected chi connectivity index (χ3v) is 1.12. The number of aliphatic imine (C=N–C) groups is 2. The molecule has 1 rings (SSSR count). The first-order valence-electron chi connectivity index (χ1n) is 3.02. The van der Waals surface area contributed by atoms with Crippen molar-refractivity contribution in [2.75, 3.05) is 6.54 Å². The Morgan fingerprint density at radius 3 is 3.00 bits per heavy atom. The fourth-order valence-electron chi connectivity index (χ4n) is 0.736. The van der Waals surface area contributed by atoms with E-state index < -0.39 is 0 Å². The molecule has 2 heteroatoms. The van der Waals surface area contributed by atoms with Crippen molar-refractivity contribution in [3.05, 3.63) is 12.2 Å². The molecular weight excluding hydrogens is 112 g/mol. The second-order valence-electron chi connectivity index (χ2n) is 2.04. The Morgan fingerprint density at radius 2 is 2.22 bits per heavy atom. The summed E-state index contributed by atoms with van der Waals surface area (Å²) in [4.78, 5) is 8.27. The molecule has 0 aromatic rings. The van der Waals surface area contributed by atoms with Crippen LogP contribution in [0.25, 0.3) is 0 Å². The summed E-state index contributed by atoms with van der Waals surface area (Å²) in [5.41, 5.74) is 1.04. The van der Waals surface area contributed by atoms with Crippen LogP contribution in [0, 0.1) is 0 Å². The Hall–Kier alpha value is -0.920. The summed E-state index contributed by atoms with van der Waals surface area (Å²) in [6.07, 6.45) is 4.00. The van der Waals surface area contributed by atoms with Gasteiger partial charge in [0.15, 0.2) is 0 Å². The van der Waals surface area contributed by atoms with Gasteiger partial charge in [-0.2, -0.15) is 0 Å². The highest BCUT2D eigenvalue weighted by atomic mass is 14.9. The number of nitrogens with zero attached hydrogens (tertiary/aromatic N) is 2. The van der Waals surface area contributed by atoms with Crippen LogP contribution in [0.5, 0.6) is 0 Å². The lowest BCUT2D eigenvalue weighted by Crippen LogP contribution is -1.89. The van der Waals surface area contributed by atoms with Crippen LogP contribution in [0.4, 0.5) is 0 Å². The van der Waals surface area contributed by atoms with Crippen molar-refractivity contribution < 1.29 is 0 Å². The summed E-state index contributed by atoms with van der Waals surface area (Å²) >= 11 is 0. The summed E-state index contributed by atoms with van der Waals surface area (Å²) in [5, 5.41) is 0. The fraction of sp³-hybridized carbons (Fsp3) is 0.429. The highest BCUT2D eigenvalue weighted by molar-refractivity contribution is 6.02. The van der Waals surface area contributed by atoms with Gasteiger partial charge in [-0.1, -0.05) is 6.08 Å². The maximum absolute atomic E-state index is 4.16. The van der Waals surface area contributed by atoms with Crippen molar-refractivity contribution in [1.82, 2.24) is 0 Å². The van der Waals surface area contributed by atoms with Gasteiger partial charge in [0.25, 0.3) is 0 Å². The van der Waals surface area contributed by atoms with E-state index in [4.69, 9.17) is 0 Å². The number of amidine groups is 1. The smallest absolute Gasteiger partial charge is 0.120 e. The fourth-order valence-corrected chi connectivity index (χ4v) is 0.736. The third kappa shape index (κ3) is 1.80. The van der Waals surface area contributed by atoms with Gasteiger partial charge in [0.1, 0.15) is 5.84 Å². The lowest BCUT2D eigenvalue weighted by molar-refractivity contribution is 1.23. The van der Waals surface area contributed by atoms with Gasteiger partial charge in [0.05, 0.1) is 6.54 Å². The molecule has 48 valence electrons. The monoisotopic (exact) mass is 122 g/mol. The van der Waals surface area contributed by atoms with Crippen LogP contribution < -0.4 is 0 Å². The molecule has 0 unspecified atom stereocenters. The van der Waals surface area contributed by atoms with Crippen LogP contribution in [-0.2, 0) is 0 Å². The van der Waals surface area contributed by atoms with E-state index in [0.717, 1.165) is 18.1 Å². The van der Waals surface area contributed by atoms with Gasteiger partial charge in [-0.3, -0.25) is 4.99 Å². The van der Waals surface area contributed by atoms with Gasteiger partial charge in [-0.15, -0.1) is 0 Å². The van der Waals surface area contributed by atoms with Crippen molar-refractivity contribution >= 4 is 11.5 Å². The van der Waals surface area contributed by atoms with E-state index in [1.807, 2.05) is 26.0 Å². The van der Waals surface area contributed by atoms with E-state index in [9.17, 15) is 0 Å². The molecule has 0 amide bonds. The van der Waals surface area contributed by atoms with Crippen LogP contribution >= 0.6 is 0 Å². The van der Waals surface area contributed by atoms with Crippen LogP contribution in [-0.4, -0.2) is 18.1 Å². The Bertz CT molecular complexity index is 187. The zero-order valence-corrected chi connectivity index (χ0v) is 5.76. The predicted molar refractivity (Wildman–Crippen MR) is 40.2 cm³/mol. The molecule has 0 spiro atoms. The molecule has 0 bridgehead atoms. The first-order valence-corrected chi connectivity index (χ1v) is 3.02. The normalized spacial score (nSPS) is 18.4. The zero-order chi connectivity index (χ0) is 6.69. The Balaban J connectivity index is 2.82. The molecular formula is C7H10N2. The van der Waals surface area contributed by atoms with E-state index in [-0.39, 0.29) is 0 Å². The quantitative estimate of drug-likeness (QED) is 0.464. The SMILES string of the molecule is CC1=NC(C)=NCC=C1. The average Bonchev–Trinajstić information content (AvgIpc) is 1.93. The van der Waals surface area contributed by atoms with Gasteiger partial charge in [-0.05, 0) is 19.9 Å². The van der Waals surface area contributed by atoms with Crippen LogP contribution in [0.2, 0.25) is 0 Å². The van der Waals surface area contributed by atoms with Crippen molar-refractivity contribution in [3.63, 3.8) is 0 Å². The molecule has 9 heavy (non-hydrogen) atoms. The molecule has 0 saturated heterocycles. The maximum atomic E-state index is 4.16. The molecule has 0 atom stereocenters. The molecule has 2 nitrogen and oxygen atoms in total. The van der Waals surface area contributed by atoms with Crippen molar-refractivity contribution in [1.29, 1.82) is 0 Å². The number of hydrogen-bond acceptors (Lipinski definition) is 2. The first-order chi connectivity index (χ1) is 4.29. The van der Waals surface area contributed by atoms with Gasteiger partial charge in [0.2, 0.25) is 0 Å². The minimum Gasteiger partial charge on any atom is -0.267 e. The molecule has 0 aliphatic carbocycles. The minimum absolute atomic E-state index is 0.771. The van der Waals surface area contributed by atoms with Crippen LogP contribution in [0.3, 0.4) is 0 Å². The summed E-state index contributed by atoms with van der Waals surface area (Å²) in [6.45, 7) is 4.66. The lowest BCUT2D eigenvalue weighted by Gasteiger charge is -1.87. The van der Waals surface area contributed by atoms with Crippen LogP contribution in [0.1, 0.15) is 13.8 Å². The van der Waals surface area contributed by atoms with Crippen LogP contribution in [0.15, 0.2) is 22.1 Å². The number of allylic oxidation sites excluding steroid dienone is 1. The molecule has 0 aromatic heterocycles. The Kier molecular flexibility index (Phi) is 1.78. The minimum atomic E-state index is 0.771. The molecule has 0 aromatic carbocycles. The van der Waals surface area contributed by atoms with Gasteiger partial charge in [-0.25, -0.2) is 4.99 Å². The topological polar surface area (TPSA) is 24.7 Å². The molecule has 0 saturated carbocycles. The molecule has 0 radical (unpaired) electrons. The highest BCUT2D eigenvalue weighted by Crippen LogP contribution is 1.91. The van der Waals surface area contributed by atoms with Gasteiger partial charge < -0.3 is 0 Å². The van der Waals surface area contributed by atoms with Gasteiger partial charge in [0, 0.05) is 5.71 Å². The summed E-state index contributed by atoms with van der Waals surface area (Å²) in [5.74, 6) is 0.873. The van der Waals surface area contributed by atoms with E-state index >= 15 is 0 Å². The van der Waals surface area contributed by atoms with Crippen molar-refractivity contribution in [2.24, 2.45) is 9.98 Å². The second kappa shape index (κ2) is 2.58. The third-order valence-electron chi connectivity index (χ3n) is 1.12. The molecule has 0 N–H and O–H groups in total. The Labute approximate surface area is 55.0 Å². The molecule has 0 fully saturated rings. The molecule has 1 aliphatic rings. The standard InChI is InChI=1S/C7H10N2/c1-6-4-3-5-8-7(2)9-6/h3-4H,5H2,1-2H3. The van der Waals surface area contributed by atoms with Gasteiger partial charge >= 0.3 is 0 Å². The summed E-state index contributed by atoms with van der Waals surface area (Å²) in [7, 11) is 0. The summed E-state index contributed by atoms with van der Waals surface area (Å²) < 4.78 is 0. The van der Waals surface area contributed by atoms with E-state index in [0.29, 0.717) is 0 Å². The lowest BCUT2D eigenvalue weighted by atomic mass is 10.4. The van der Waals surface area contributed by atoms with E-state index in [1.165, 1.54) is 0 Å². The first kappa shape index (κ1) is 6.20. The average molecular weight is 122 g/mol. The summed E-state index contributed by atoms with van der Waals surface area (Å²) in [6, 6.07) is 0. The largest absolute Gasteiger partial charge is 0.267 e. The second-order valence-corrected chi connectivity index (χ2v) is 2.04. The highest BCUT2D eigenvalue weighted by Gasteiger charge is 1.90. The predicted octanol–water partition coefficient (Wildman–Crippen LogP) is 1.44. The Morgan fingerprint density at radius 1 is 1.44 bits per heavy atom. The molecule has 1 heterocycles. The number of rotatable bonds is 0. The van der Waals surface area contributed by atoms with E-state index in [2.05, 4.69) is 9.98 Å². The zero-order valence-electron chi connectivity index (χ0n) is 5.76. The maximum Gasteiger partial charge on any atom is 0.120 e. The molecule has 1 aliphatic heterocycles. The van der Waals surface area contributed by atoms with E-state index in [1.54, 1.807) is 0 Å². The van der Waals surface area contributed by atoms with Crippen molar-refractivity contribution in [2.45, 2.75) is 13.8 Å². The number of hydrogen-bond donors (Lipinski definition) is 0. The van der Waals surface area contributed by atoms with Crippen molar-refractivity contribution in [3.8, 4) is 0 Å².